The summed E-state index contributed by atoms with van der Waals surface area (Å²) in [4.78, 5) is 27.1. The van der Waals surface area contributed by atoms with Gasteiger partial charge in [-0.15, -0.1) is 11.3 Å². The summed E-state index contributed by atoms with van der Waals surface area (Å²) in [6.45, 7) is 0.149. The zero-order valence-electron chi connectivity index (χ0n) is 14.9. The summed E-state index contributed by atoms with van der Waals surface area (Å²) in [6.07, 6.45) is -0.703. The maximum atomic E-state index is 12.2. The maximum absolute atomic E-state index is 12.2. The summed E-state index contributed by atoms with van der Waals surface area (Å²) in [5, 5.41) is 24.4. The van der Waals surface area contributed by atoms with Crippen molar-refractivity contribution in [2.45, 2.75) is 5.92 Å². The molecule has 1 aliphatic carbocycles. The van der Waals surface area contributed by atoms with Crippen molar-refractivity contribution in [3.63, 3.8) is 0 Å². The summed E-state index contributed by atoms with van der Waals surface area (Å²) in [5.74, 6) is -1.49. The van der Waals surface area contributed by atoms with E-state index in [0.29, 0.717) is 0 Å². The fraction of sp³-hybridized carbons (Fsp3) is 0.100. The van der Waals surface area contributed by atoms with Crippen molar-refractivity contribution in [3.05, 3.63) is 70.7 Å². The predicted molar refractivity (Wildman–Crippen MR) is 107 cm³/mol. The molecule has 8 nitrogen and oxygen atoms in total. The molecule has 1 aliphatic rings. The molecule has 0 fully saturated rings. The highest BCUT2D eigenvalue weighted by Crippen LogP contribution is 2.44. The van der Waals surface area contributed by atoms with Crippen LogP contribution in [0.15, 0.2) is 59.1 Å². The van der Waals surface area contributed by atoms with Gasteiger partial charge >= 0.3 is 12.1 Å². The number of carbonyl (C=O) groups excluding carboxylic acids is 1. The number of ether oxygens (including phenoxy) is 1. The first-order chi connectivity index (χ1) is 14.1. The lowest BCUT2D eigenvalue weighted by Crippen LogP contribution is -2.18. The molecular weight excluding hydrogens is 394 g/mol. The third kappa shape index (κ3) is 3.55. The van der Waals surface area contributed by atoms with Crippen molar-refractivity contribution in [1.29, 1.82) is 0 Å². The van der Waals surface area contributed by atoms with Crippen LogP contribution in [0.2, 0.25) is 0 Å². The van der Waals surface area contributed by atoms with Crippen LogP contribution in [0.1, 0.15) is 22.7 Å². The lowest BCUT2D eigenvalue weighted by Gasteiger charge is -2.14. The van der Waals surface area contributed by atoms with E-state index in [0.717, 1.165) is 33.6 Å². The molecule has 0 bridgehead atoms. The van der Waals surface area contributed by atoms with E-state index in [4.69, 9.17) is 15.1 Å². The number of carboxylic acids is 1. The van der Waals surface area contributed by atoms with Gasteiger partial charge in [0.1, 0.15) is 12.3 Å². The molecule has 0 saturated heterocycles. The van der Waals surface area contributed by atoms with E-state index < -0.39 is 17.8 Å². The topological polar surface area (TPSA) is 121 Å². The normalized spacial score (nSPS) is 12.9. The minimum atomic E-state index is -1.43. The van der Waals surface area contributed by atoms with Crippen molar-refractivity contribution in [2.24, 2.45) is 5.16 Å². The van der Waals surface area contributed by atoms with E-state index in [-0.39, 0.29) is 23.4 Å². The van der Waals surface area contributed by atoms with Gasteiger partial charge in [-0.25, -0.2) is 14.6 Å². The Hall–Kier alpha value is -3.72. The van der Waals surface area contributed by atoms with Gasteiger partial charge in [0.25, 0.3) is 0 Å². The van der Waals surface area contributed by atoms with Gasteiger partial charge in [-0.2, -0.15) is 0 Å². The summed E-state index contributed by atoms with van der Waals surface area (Å²) in [7, 11) is 0. The SMILES string of the molecule is O=C(Nc1nc(/C(=N/O)C(=O)O)cs1)OCC1c2ccccc2-c2ccccc21. The number of carbonyl (C=O) groups is 2. The number of fused-ring (bicyclic) bond motifs is 3. The van der Waals surface area contributed by atoms with Gasteiger partial charge in [-0.05, 0) is 22.3 Å². The maximum Gasteiger partial charge on any atom is 0.413 e. The average Bonchev–Trinajstić information content (AvgIpc) is 3.29. The zero-order valence-corrected chi connectivity index (χ0v) is 15.7. The molecular formula is C20H15N3O5S. The highest BCUT2D eigenvalue weighted by atomic mass is 32.1. The molecule has 0 aliphatic heterocycles. The van der Waals surface area contributed by atoms with Crippen LogP contribution in [0.5, 0.6) is 0 Å². The first kappa shape index (κ1) is 18.6. The fourth-order valence-electron chi connectivity index (χ4n) is 3.37. The quantitative estimate of drug-likeness (QED) is 0.335. The van der Waals surface area contributed by atoms with Crippen LogP contribution in [-0.4, -0.2) is 39.7 Å². The van der Waals surface area contributed by atoms with Crippen molar-refractivity contribution in [1.82, 2.24) is 4.98 Å². The highest BCUT2D eigenvalue weighted by Gasteiger charge is 2.29. The van der Waals surface area contributed by atoms with Gasteiger partial charge in [0.05, 0.1) is 0 Å². The number of rotatable bonds is 5. The number of hydrogen-bond donors (Lipinski definition) is 3. The number of hydrogen-bond acceptors (Lipinski definition) is 7. The molecule has 1 amide bonds. The van der Waals surface area contributed by atoms with Crippen molar-refractivity contribution >= 4 is 34.2 Å². The summed E-state index contributed by atoms with van der Waals surface area (Å²) in [6, 6.07) is 16.0. The molecule has 146 valence electrons. The molecule has 1 heterocycles. The standard InChI is InChI=1S/C20H15N3O5S/c24-18(25)17(23-27)16-10-29-19(21-16)22-20(26)28-9-15-13-7-3-1-5-11(13)12-6-2-4-8-14(12)15/h1-8,10,15,27H,9H2,(H,24,25)(H,21,22,26)/b23-17-. The van der Waals surface area contributed by atoms with E-state index >= 15 is 0 Å². The molecule has 1 aromatic heterocycles. The Labute approximate surface area is 169 Å². The van der Waals surface area contributed by atoms with E-state index in [1.807, 2.05) is 48.5 Å². The van der Waals surface area contributed by atoms with Gasteiger partial charge in [0.2, 0.25) is 5.71 Å². The van der Waals surface area contributed by atoms with E-state index in [2.05, 4.69) is 15.5 Å². The fourth-order valence-corrected chi connectivity index (χ4v) is 4.05. The number of aliphatic carboxylic acids is 1. The van der Waals surface area contributed by atoms with Crippen LogP contribution >= 0.6 is 11.3 Å². The van der Waals surface area contributed by atoms with Gasteiger partial charge in [-0.1, -0.05) is 53.7 Å². The molecule has 3 aromatic rings. The Morgan fingerprint density at radius 1 is 1.10 bits per heavy atom. The van der Waals surface area contributed by atoms with Crippen LogP contribution in [0.4, 0.5) is 9.93 Å². The summed E-state index contributed by atoms with van der Waals surface area (Å²) < 4.78 is 5.41. The second kappa shape index (κ2) is 7.72. The average molecular weight is 409 g/mol. The number of amides is 1. The summed E-state index contributed by atoms with van der Waals surface area (Å²) in [5.41, 5.74) is 3.80. The van der Waals surface area contributed by atoms with Crippen molar-refractivity contribution < 1.29 is 24.6 Å². The van der Waals surface area contributed by atoms with E-state index in [9.17, 15) is 9.59 Å². The number of thiazole rings is 1. The first-order valence-electron chi connectivity index (χ1n) is 8.61. The number of anilines is 1. The van der Waals surface area contributed by atoms with Crippen LogP contribution < -0.4 is 5.32 Å². The van der Waals surface area contributed by atoms with Gasteiger partial charge in [0.15, 0.2) is 5.13 Å². The van der Waals surface area contributed by atoms with Crippen LogP contribution in [-0.2, 0) is 9.53 Å². The Bertz CT molecular complexity index is 1080. The molecule has 0 atom stereocenters. The van der Waals surface area contributed by atoms with E-state index in [1.54, 1.807) is 0 Å². The number of nitrogens with one attached hydrogen (secondary N) is 1. The smallest absolute Gasteiger partial charge is 0.413 e. The number of aromatic nitrogens is 1. The molecule has 0 spiro atoms. The first-order valence-corrected chi connectivity index (χ1v) is 9.49. The van der Waals surface area contributed by atoms with Crippen LogP contribution in [0.25, 0.3) is 11.1 Å². The Morgan fingerprint density at radius 3 is 2.31 bits per heavy atom. The molecule has 0 saturated carbocycles. The Balaban J connectivity index is 1.45. The molecule has 3 N–H and O–H groups in total. The molecule has 9 heteroatoms. The third-order valence-corrected chi connectivity index (χ3v) is 5.36. The molecule has 4 rings (SSSR count). The minimum absolute atomic E-state index is 0.0565. The number of oxime groups is 1. The van der Waals surface area contributed by atoms with Crippen LogP contribution in [0.3, 0.4) is 0 Å². The molecule has 2 aromatic carbocycles. The van der Waals surface area contributed by atoms with Gasteiger partial charge in [0, 0.05) is 11.3 Å². The second-order valence-corrected chi connectivity index (χ2v) is 7.10. The number of carboxylic acid groups (broad SMARTS) is 1. The predicted octanol–water partition coefficient (Wildman–Crippen LogP) is 3.77. The monoisotopic (exact) mass is 409 g/mol. The van der Waals surface area contributed by atoms with Crippen molar-refractivity contribution in [2.75, 3.05) is 11.9 Å². The molecule has 0 unspecified atom stereocenters. The lowest BCUT2D eigenvalue weighted by molar-refractivity contribution is -0.129. The van der Waals surface area contributed by atoms with E-state index in [1.165, 1.54) is 5.38 Å². The third-order valence-electron chi connectivity index (χ3n) is 4.60. The second-order valence-electron chi connectivity index (χ2n) is 6.24. The van der Waals surface area contributed by atoms with Gasteiger partial charge in [-0.3, -0.25) is 5.32 Å². The molecule has 0 radical (unpaired) electrons. The number of nitrogens with zero attached hydrogens (tertiary/aromatic N) is 2. The minimum Gasteiger partial charge on any atom is -0.476 e. The molecule has 29 heavy (non-hydrogen) atoms. The summed E-state index contributed by atoms with van der Waals surface area (Å²) >= 11 is 0.996. The lowest BCUT2D eigenvalue weighted by atomic mass is 9.98. The van der Waals surface area contributed by atoms with Gasteiger partial charge < -0.3 is 15.1 Å². The highest BCUT2D eigenvalue weighted by molar-refractivity contribution is 7.14. The van der Waals surface area contributed by atoms with Crippen LogP contribution in [0, 0.1) is 0 Å². The van der Waals surface area contributed by atoms with Crippen molar-refractivity contribution in [3.8, 4) is 11.1 Å². The Morgan fingerprint density at radius 2 is 1.72 bits per heavy atom. The largest absolute Gasteiger partial charge is 0.476 e. The Kier molecular flexibility index (Phi) is 4.96. The zero-order chi connectivity index (χ0) is 20.4. The number of benzene rings is 2.